The van der Waals surface area contributed by atoms with Gasteiger partial charge in [0.05, 0.1) is 13.2 Å². The molecule has 0 saturated carbocycles. The molecule has 0 aromatic rings. The molecular formula is C19H42OSi2. The van der Waals surface area contributed by atoms with Crippen LogP contribution in [0.2, 0.25) is 30.2 Å². The van der Waals surface area contributed by atoms with Crippen molar-refractivity contribution in [3.63, 3.8) is 0 Å². The fourth-order valence-corrected chi connectivity index (χ4v) is 24.1. The topological polar surface area (TPSA) is 9.23 Å². The van der Waals surface area contributed by atoms with Crippen molar-refractivity contribution >= 4 is 15.4 Å². The Bertz CT molecular complexity index is 301. The van der Waals surface area contributed by atoms with Crippen LogP contribution in [-0.2, 0) is 4.43 Å². The number of unbranched alkanes of at least 4 members (excludes halogenated alkanes) is 2. The van der Waals surface area contributed by atoms with Crippen LogP contribution in [0.5, 0.6) is 0 Å². The summed E-state index contributed by atoms with van der Waals surface area (Å²) in [5, 5.41) is 0. The summed E-state index contributed by atoms with van der Waals surface area (Å²) in [6.45, 7) is 14.5. The molecule has 0 aromatic heterocycles. The van der Waals surface area contributed by atoms with E-state index in [0.29, 0.717) is 0 Å². The Kier molecular flexibility index (Phi) is 8.39. The number of rotatable bonds is 10. The highest BCUT2D eigenvalue weighted by atomic mass is 29.3. The molecule has 0 aromatic carbocycles. The van der Waals surface area contributed by atoms with Gasteiger partial charge in [0.2, 0.25) is 0 Å². The van der Waals surface area contributed by atoms with Gasteiger partial charge in [-0.15, -0.1) is 0 Å². The van der Waals surface area contributed by atoms with Crippen molar-refractivity contribution in [3.05, 3.63) is 0 Å². The van der Waals surface area contributed by atoms with E-state index in [-0.39, 0.29) is 5.60 Å². The summed E-state index contributed by atoms with van der Waals surface area (Å²) >= 11 is 0. The van der Waals surface area contributed by atoms with Gasteiger partial charge in [0.15, 0.2) is 7.83 Å². The predicted octanol–water partition coefficient (Wildman–Crippen LogP) is 7.08. The molecule has 0 aliphatic carbocycles. The normalized spacial score (nSPS) is 22.6. The Morgan fingerprint density at radius 1 is 0.773 bits per heavy atom. The number of hydrogen-bond acceptors (Lipinski definition) is 1. The van der Waals surface area contributed by atoms with Crippen LogP contribution in [0.4, 0.5) is 0 Å². The van der Waals surface area contributed by atoms with E-state index in [2.05, 4.69) is 41.5 Å². The molecular weight excluding hydrogens is 300 g/mol. The standard InChI is InChI=1S/C19H42OSi2/c1-7-13-15-19(16-14-8-2)17-18-21(9-3,10-4)22(11-5,12-6)20-19/h7-18H2,1-6H3. The lowest BCUT2D eigenvalue weighted by atomic mass is 9.88. The molecule has 0 amide bonds. The fourth-order valence-electron chi connectivity index (χ4n) is 5.14. The highest BCUT2D eigenvalue weighted by molar-refractivity contribution is 7.40. The second-order valence-electron chi connectivity index (χ2n) is 7.68. The largest absolute Gasteiger partial charge is 0.414 e. The molecule has 0 N–H and O–H groups in total. The fraction of sp³-hybridized carbons (Fsp3) is 1.00. The molecule has 1 rings (SSSR count). The third kappa shape index (κ3) is 3.89. The average Bonchev–Trinajstić information content (AvgIpc) is 2.58. The van der Waals surface area contributed by atoms with Crippen LogP contribution in [0.1, 0.15) is 86.5 Å². The Morgan fingerprint density at radius 2 is 1.27 bits per heavy atom. The average molecular weight is 343 g/mol. The van der Waals surface area contributed by atoms with Crippen LogP contribution in [-0.4, -0.2) is 21.0 Å². The Labute approximate surface area is 142 Å². The van der Waals surface area contributed by atoms with E-state index < -0.39 is 15.4 Å². The van der Waals surface area contributed by atoms with E-state index in [1.165, 1.54) is 69.1 Å². The summed E-state index contributed by atoms with van der Waals surface area (Å²) in [6, 6.07) is 7.25. The minimum Gasteiger partial charge on any atom is -0.414 e. The summed E-state index contributed by atoms with van der Waals surface area (Å²) in [5.41, 5.74) is 0.269. The first-order valence-corrected chi connectivity index (χ1v) is 16.2. The molecule has 0 atom stereocenters. The molecule has 3 heteroatoms. The minimum atomic E-state index is -1.51. The third-order valence-electron chi connectivity index (χ3n) is 6.91. The van der Waals surface area contributed by atoms with Gasteiger partial charge in [-0.3, -0.25) is 0 Å². The quantitative estimate of drug-likeness (QED) is 0.385. The van der Waals surface area contributed by atoms with Crippen LogP contribution in [0, 0.1) is 0 Å². The van der Waals surface area contributed by atoms with E-state index in [9.17, 15) is 0 Å². The molecule has 22 heavy (non-hydrogen) atoms. The van der Waals surface area contributed by atoms with E-state index in [1.54, 1.807) is 6.04 Å². The van der Waals surface area contributed by atoms with Gasteiger partial charge in [0.1, 0.15) is 0 Å². The highest BCUT2D eigenvalue weighted by Crippen LogP contribution is 2.49. The molecule has 1 aliphatic rings. The summed E-state index contributed by atoms with van der Waals surface area (Å²) in [7, 11) is -2.67. The van der Waals surface area contributed by atoms with Gasteiger partial charge >= 0.3 is 0 Å². The maximum Gasteiger partial charge on any atom is 0.180 e. The Morgan fingerprint density at radius 3 is 1.64 bits per heavy atom. The Balaban J connectivity index is 3.09. The van der Waals surface area contributed by atoms with Crippen molar-refractivity contribution < 1.29 is 4.43 Å². The van der Waals surface area contributed by atoms with E-state index in [0.717, 1.165) is 0 Å². The van der Waals surface area contributed by atoms with Crippen molar-refractivity contribution in [1.82, 2.24) is 0 Å². The summed E-state index contributed by atoms with van der Waals surface area (Å²) < 4.78 is 7.36. The van der Waals surface area contributed by atoms with Gasteiger partial charge in [0, 0.05) is 0 Å². The van der Waals surface area contributed by atoms with Crippen molar-refractivity contribution in [2.45, 2.75) is 122 Å². The second-order valence-corrected chi connectivity index (χ2v) is 21.7. The third-order valence-corrected chi connectivity index (χ3v) is 27.0. The lowest BCUT2D eigenvalue weighted by molar-refractivity contribution is 0.0277. The lowest BCUT2D eigenvalue weighted by Gasteiger charge is -2.57. The van der Waals surface area contributed by atoms with Crippen LogP contribution in [0.15, 0.2) is 0 Å². The molecule has 0 bridgehead atoms. The van der Waals surface area contributed by atoms with Gasteiger partial charge < -0.3 is 4.43 Å². The van der Waals surface area contributed by atoms with Crippen molar-refractivity contribution in [3.8, 4) is 0 Å². The van der Waals surface area contributed by atoms with E-state index in [4.69, 9.17) is 4.43 Å². The Hall–Kier alpha value is 0.394. The van der Waals surface area contributed by atoms with E-state index >= 15 is 0 Å². The van der Waals surface area contributed by atoms with Crippen LogP contribution >= 0.6 is 0 Å². The van der Waals surface area contributed by atoms with Crippen molar-refractivity contribution in [1.29, 1.82) is 0 Å². The molecule has 1 aliphatic heterocycles. The van der Waals surface area contributed by atoms with Crippen LogP contribution < -0.4 is 0 Å². The maximum atomic E-state index is 7.36. The van der Waals surface area contributed by atoms with Gasteiger partial charge in [0.25, 0.3) is 0 Å². The second kappa shape index (κ2) is 9.03. The first-order valence-electron chi connectivity index (χ1n) is 10.2. The molecule has 1 fully saturated rings. The van der Waals surface area contributed by atoms with Crippen molar-refractivity contribution in [2.75, 3.05) is 0 Å². The summed E-state index contributed by atoms with van der Waals surface area (Å²) in [6.07, 6.45) is 9.38. The first kappa shape index (κ1) is 20.4. The minimum absolute atomic E-state index is 0.269. The van der Waals surface area contributed by atoms with Gasteiger partial charge in [-0.1, -0.05) is 85.4 Å². The van der Waals surface area contributed by atoms with Crippen molar-refractivity contribution in [2.24, 2.45) is 0 Å². The van der Waals surface area contributed by atoms with Crippen LogP contribution in [0.25, 0.3) is 0 Å². The summed E-state index contributed by atoms with van der Waals surface area (Å²) in [5.74, 6) is 0. The van der Waals surface area contributed by atoms with Crippen LogP contribution in [0.3, 0.4) is 0 Å². The lowest BCUT2D eigenvalue weighted by Crippen LogP contribution is -2.70. The smallest absolute Gasteiger partial charge is 0.180 e. The molecule has 1 saturated heterocycles. The zero-order valence-corrected chi connectivity index (χ0v) is 18.4. The molecule has 1 nitrogen and oxygen atoms in total. The van der Waals surface area contributed by atoms with Gasteiger partial charge in [-0.25, -0.2) is 0 Å². The predicted molar refractivity (Wildman–Crippen MR) is 106 cm³/mol. The molecule has 0 unspecified atom stereocenters. The molecule has 132 valence electrons. The SMILES string of the molecule is CCCCC1(CCCC)CC[Si](CC)(CC)[Si](CC)(CC)O1. The zero-order chi connectivity index (χ0) is 16.7. The highest BCUT2D eigenvalue weighted by Gasteiger charge is 2.58. The van der Waals surface area contributed by atoms with E-state index in [1.807, 2.05) is 0 Å². The molecule has 0 spiro atoms. The maximum absolute atomic E-state index is 7.36. The molecule has 0 radical (unpaired) electrons. The van der Waals surface area contributed by atoms with Gasteiger partial charge in [-0.05, 0) is 31.4 Å². The number of hydrogen-bond donors (Lipinski definition) is 0. The first-order chi connectivity index (χ1) is 10.5. The summed E-state index contributed by atoms with van der Waals surface area (Å²) in [4.78, 5) is 0. The molecule has 1 heterocycles. The monoisotopic (exact) mass is 342 g/mol. The van der Waals surface area contributed by atoms with Gasteiger partial charge in [-0.2, -0.15) is 0 Å². The zero-order valence-electron chi connectivity index (χ0n) is 16.4.